The van der Waals surface area contributed by atoms with Gasteiger partial charge in [0.15, 0.2) is 5.78 Å². The van der Waals surface area contributed by atoms with Crippen LogP contribution >= 0.6 is 0 Å². The van der Waals surface area contributed by atoms with Gasteiger partial charge in [-0.25, -0.2) is 0 Å². The van der Waals surface area contributed by atoms with Crippen molar-refractivity contribution in [1.82, 2.24) is 9.80 Å². The van der Waals surface area contributed by atoms with E-state index in [0.29, 0.717) is 0 Å². The second-order valence-corrected chi connectivity index (χ2v) is 4.50. The third-order valence-corrected chi connectivity index (χ3v) is 2.41. The summed E-state index contributed by atoms with van der Waals surface area (Å²) in [5.74, 6) is 0.0520. The second-order valence-electron chi connectivity index (χ2n) is 4.50. The van der Waals surface area contributed by atoms with E-state index in [4.69, 9.17) is 0 Å². The number of nitrogens with zero attached hydrogens (tertiary/aromatic N) is 2. The van der Waals surface area contributed by atoms with Crippen LogP contribution in [0.4, 0.5) is 0 Å². The molecule has 0 radical (unpaired) electrons. The van der Waals surface area contributed by atoms with Gasteiger partial charge < -0.3 is 9.80 Å². The maximum Gasteiger partial charge on any atom is 0.187 e. The van der Waals surface area contributed by atoms with Gasteiger partial charge in [-0.2, -0.15) is 0 Å². The summed E-state index contributed by atoms with van der Waals surface area (Å²) in [5.41, 5.74) is 1.73. The molecule has 0 atom stereocenters. The van der Waals surface area contributed by atoms with Crippen LogP contribution in [0.1, 0.15) is 10.4 Å². The van der Waals surface area contributed by atoms with Crippen LogP contribution in [0.25, 0.3) is 0 Å². The number of hydrogen-bond acceptors (Lipinski definition) is 3. The molecule has 0 N–H and O–H groups in total. The molecule has 3 heteroatoms. The molecule has 0 bridgehead atoms. The Hall–Kier alpha value is -1.61. The molecule has 0 amide bonds. The second kappa shape index (κ2) is 6.21. The van der Waals surface area contributed by atoms with Crippen LogP contribution < -0.4 is 0 Å². The highest BCUT2D eigenvalue weighted by atomic mass is 16.1. The number of likely N-dealkylation sites (N-methyl/N-ethyl adjacent to an activating group) is 2. The maximum absolute atomic E-state index is 12.0. The Bertz CT molecular complexity index is 394. The lowest BCUT2D eigenvalue weighted by molar-refractivity contribution is 0.104. The van der Waals surface area contributed by atoms with E-state index < -0.39 is 0 Å². The molecular formula is C14H20N2O. The summed E-state index contributed by atoms with van der Waals surface area (Å²) in [7, 11) is 7.88. The Kier molecular flexibility index (Phi) is 4.91. The highest BCUT2D eigenvalue weighted by Gasteiger charge is 2.07. The molecular weight excluding hydrogens is 212 g/mol. The van der Waals surface area contributed by atoms with Crippen LogP contribution in [0.3, 0.4) is 0 Å². The molecule has 0 aliphatic heterocycles. The van der Waals surface area contributed by atoms with E-state index in [-0.39, 0.29) is 5.78 Å². The van der Waals surface area contributed by atoms with Gasteiger partial charge in [0.25, 0.3) is 0 Å². The number of ketones is 1. The van der Waals surface area contributed by atoms with Gasteiger partial charge in [-0.3, -0.25) is 4.79 Å². The number of allylic oxidation sites excluding steroid dienone is 1. The van der Waals surface area contributed by atoms with E-state index in [1.165, 1.54) is 0 Å². The molecule has 0 fully saturated rings. The smallest absolute Gasteiger partial charge is 0.187 e. The summed E-state index contributed by atoms with van der Waals surface area (Å²) >= 11 is 0. The normalized spacial score (nSPS) is 11.7. The van der Waals surface area contributed by atoms with Crippen LogP contribution in [-0.4, -0.2) is 50.3 Å². The summed E-state index contributed by atoms with van der Waals surface area (Å²) in [4.78, 5) is 16.0. The number of hydrogen-bond donors (Lipinski definition) is 0. The predicted molar refractivity (Wildman–Crippen MR) is 71.1 cm³/mol. The van der Waals surface area contributed by atoms with Gasteiger partial charge in [-0.05, 0) is 14.1 Å². The zero-order chi connectivity index (χ0) is 12.8. The lowest BCUT2D eigenvalue weighted by Gasteiger charge is -2.20. The third kappa shape index (κ3) is 4.41. The van der Waals surface area contributed by atoms with Gasteiger partial charge in [0.2, 0.25) is 0 Å². The Morgan fingerprint density at radius 3 is 2.18 bits per heavy atom. The zero-order valence-electron chi connectivity index (χ0n) is 11.0. The van der Waals surface area contributed by atoms with Crippen molar-refractivity contribution in [1.29, 1.82) is 0 Å². The first-order valence-electron chi connectivity index (χ1n) is 5.62. The van der Waals surface area contributed by atoms with Crippen LogP contribution in [0, 0.1) is 0 Å². The minimum atomic E-state index is 0.0520. The van der Waals surface area contributed by atoms with E-state index in [1.54, 1.807) is 6.08 Å². The van der Waals surface area contributed by atoms with Crippen molar-refractivity contribution in [3.63, 3.8) is 0 Å². The van der Waals surface area contributed by atoms with Gasteiger partial charge >= 0.3 is 0 Å². The van der Waals surface area contributed by atoms with Gasteiger partial charge in [0.05, 0.1) is 0 Å². The van der Waals surface area contributed by atoms with Crippen molar-refractivity contribution in [2.45, 2.75) is 0 Å². The molecule has 1 aromatic carbocycles. The lowest BCUT2D eigenvalue weighted by atomic mass is 10.1. The van der Waals surface area contributed by atoms with E-state index in [0.717, 1.165) is 17.8 Å². The maximum atomic E-state index is 12.0. The summed E-state index contributed by atoms with van der Waals surface area (Å²) in [5, 5.41) is 0. The van der Waals surface area contributed by atoms with Gasteiger partial charge in [0.1, 0.15) is 0 Å². The molecule has 0 spiro atoms. The van der Waals surface area contributed by atoms with Crippen molar-refractivity contribution in [3.8, 4) is 0 Å². The van der Waals surface area contributed by atoms with E-state index in [1.807, 2.05) is 68.3 Å². The minimum absolute atomic E-state index is 0.0520. The van der Waals surface area contributed by atoms with Crippen molar-refractivity contribution in [3.05, 3.63) is 47.7 Å². The minimum Gasteiger partial charge on any atom is -0.380 e. The summed E-state index contributed by atoms with van der Waals surface area (Å²) < 4.78 is 0. The SMILES string of the molecule is CN(C)C/C(=C\C(=O)c1ccccc1)N(C)C. The molecule has 0 aromatic heterocycles. The molecule has 0 unspecified atom stereocenters. The fraction of sp³-hybridized carbons (Fsp3) is 0.357. The number of rotatable bonds is 5. The van der Waals surface area contributed by atoms with Crippen LogP contribution in [0.2, 0.25) is 0 Å². The van der Waals surface area contributed by atoms with Gasteiger partial charge in [-0.15, -0.1) is 0 Å². The summed E-state index contributed by atoms with van der Waals surface area (Å²) in [6.45, 7) is 0.756. The average Bonchev–Trinajstić information content (AvgIpc) is 2.28. The van der Waals surface area contributed by atoms with Crippen molar-refractivity contribution < 1.29 is 4.79 Å². The first-order chi connectivity index (χ1) is 8.00. The average molecular weight is 232 g/mol. The first-order valence-corrected chi connectivity index (χ1v) is 5.62. The quantitative estimate of drug-likeness (QED) is 0.572. The Labute approximate surface area is 103 Å². The van der Waals surface area contributed by atoms with Gasteiger partial charge in [0, 0.05) is 38.0 Å². The zero-order valence-corrected chi connectivity index (χ0v) is 11.0. The van der Waals surface area contributed by atoms with Crippen LogP contribution in [-0.2, 0) is 0 Å². The molecule has 1 aromatic rings. The Morgan fingerprint density at radius 1 is 1.12 bits per heavy atom. The Balaban J connectivity index is 2.87. The highest BCUT2D eigenvalue weighted by molar-refractivity contribution is 6.04. The molecule has 0 aliphatic rings. The van der Waals surface area contributed by atoms with E-state index in [2.05, 4.69) is 0 Å². The standard InChI is InChI=1S/C14H20N2O/c1-15(2)11-13(16(3)4)10-14(17)12-8-6-5-7-9-12/h5-10H,11H2,1-4H3/b13-10+. The van der Waals surface area contributed by atoms with Gasteiger partial charge in [-0.1, -0.05) is 30.3 Å². The predicted octanol–water partition coefficient (Wildman–Crippen LogP) is 1.88. The molecule has 0 aliphatic carbocycles. The van der Waals surface area contributed by atoms with Crippen LogP contribution in [0.15, 0.2) is 42.1 Å². The van der Waals surface area contributed by atoms with Crippen LogP contribution in [0.5, 0.6) is 0 Å². The highest BCUT2D eigenvalue weighted by Crippen LogP contribution is 2.06. The van der Waals surface area contributed by atoms with E-state index >= 15 is 0 Å². The number of carbonyl (C=O) groups is 1. The number of carbonyl (C=O) groups excluding carboxylic acids is 1. The lowest BCUT2D eigenvalue weighted by Crippen LogP contribution is -2.24. The van der Waals surface area contributed by atoms with Crippen molar-refractivity contribution in [2.24, 2.45) is 0 Å². The molecule has 3 nitrogen and oxygen atoms in total. The van der Waals surface area contributed by atoms with E-state index in [9.17, 15) is 4.79 Å². The van der Waals surface area contributed by atoms with Crippen molar-refractivity contribution in [2.75, 3.05) is 34.7 Å². The molecule has 0 saturated heterocycles. The molecule has 0 saturated carbocycles. The Morgan fingerprint density at radius 2 is 1.71 bits per heavy atom. The fourth-order valence-corrected chi connectivity index (χ4v) is 1.48. The topological polar surface area (TPSA) is 23.6 Å². The summed E-state index contributed by atoms with van der Waals surface area (Å²) in [6.07, 6.45) is 1.70. The summed E-state index contributed by atoms with van der Waals surface area (Å²) in [6, 6.07) is 9.33. The largest absolute Gasteiger partial charge is 0.380 e. The fourth-order valence-electron chi connectivity index (χ4n) is 1.48. The molecule has 17 heavy (non-hydrogen) atoms. The molecule has 92 valence electrons. The van der Waals surface area contributed by atoms with Crippen molar-refractivity contribution >= 4 is 5.78 Å². The molecule has 0 heterocycles. The molecule has 1 rings (SSSR count). The first kappa shape index (κ1) is 13.5. The third-order valence-electron chi connectivity index (χ3n) is 2.41. The monoisotopic (exact) mass is 232 g/mol. The number of benzene rings is 1.